The summed E-state index contributed by atoms with van der Waals surface area (Å²) in [6.07, 6.45) is 5.78. The highest BCUT2D eigenvalue weighted by Crippen LogP contribution is 2.33. The summed E-state index contributed by atoms with van der Waals surface area (Å²) in [6.45, 7) is 0.337. The van der Waals surface area contributed by atoms with Gasteiger partial charge in [0.05, 0.1) is 0 Å². The first kappa shape index (κ1) is 14.3. The minimum absolute atomic E-state index is 0.267. The quantitative estimate of drug-likeness (QED) is 0.458. The number of hydrogen-bond donors (Lipinski definition) is 0. The Morgan fingerprint density at radius 2 is 1.77 bits per heavy atom. The van der Waals surface area contributed by atoms with Crippen LogP contribution < -0.4 is 0 Å². The van der Waals surface area contributed by atoms with E-state index < -0.39 is 0 Å². The number of rotatable bonds is 6. The van der Waals surface area contributed by atoms with Crippen LogP contribution >= 0.6 is 0 Å². The summed E-state index contributed by atoms with van der Waals surface area (Å²) in [7, 11) is 0. The Kier molecular flexibility index (Phi) is 3.87. The summed E-state index contributed by atoms with van der Waals surface area (Å²) in [5.41, 5.74) is 2.03. The number of unbranched alkanes of at least 4 members (excludes halogenated alkanes) is 1. The molecule has 1 aromatic rings. The molecule has 0 saturated heterocycles. The van der Waals surface area contributed by atoms with E-state index in [1.165, 1.54) is 17.1 Å². The van der Waals surface area contributed by atoms with Gasteiger partial charge in [0.25, 0.3) is 11.8 Å². The second kappa shape index (κ2) is 5.97. The van der Waals surface area contributed by atoms with Crippen molar-refractivity contribution in [2.45, 2.75) is 19.3 Å². The number of amides is 2. The van der Waals surface area contributed by atoms with E-state index in [1.54, 1.807) is 0 Å². The van der Waals surface area contributed by atoms with E-state index in [9.17, 15) is 14.4 Å². The zero-order chi connectivity index (χ0) is 15.5. The van der Waals surface area contributed by atoms with Crippen molar-refractivity contribution in [3.8, 4) is 0 Å². The number of benzene rings is 1. The van der Waals surface area contributed by atoms with Crippen LogP contribution in [0.4, 0.5) is 0 Å². The van der Waals surface area contributed by atoms with Crippen LogP contribution in [0, 0.1) is 0 Å². The van der Waals surface area contributed by atoms with Crippen molar-refractivity contribution in [3.63, 3.8) is 0 Å². The SMILES string of the molecule is O=C(CCCCN1C(=O)C=CC1=O)OC1=Cc2ccccc21. The van der Waals surface area contributed by atoms with Crippen LogP contribution in [0.2, 0.25) is 0 Å². The van der Waals surface area contributed by atoms with Gasteiger partial charge in [0.2, 0.25) is 0 Å². The van der Waals surface area contributed by atoms with Crippen molar-refractivity contribution in [2.75, 3.05) is 6.54 Å². The molecule has 0 radical (unpaired) electrons. The Morgan fingerprint density at radius 1 is 1.05 bits per heavy atom. The fraction of sp³-hybridized carbons (Fsp3) is 0.235. The smallest absolute Gasteiger partial charge is 0.311 e. The number of ether oxygens (including phenoxy) is 1. The molecule has 0 spiro atoms. The van der Waals surface area contributed by atoms with E-state index in [1.807, 2.05) is 30.3 Å². The Morgan fingerprint density at radius 3 is 2.50 bits per heavy atom. The predicted octanol–water partition coefficient (Wildman–Crippen LogP) is 2.14. The molecule has 2 aliphatic rings. The Balaban J connectivity index is 1.37. The average Bonchev–Trinajstić information content (AvgIpc) is 2.80. The summed E-state index contributed by atoms with van der Waals surface area (Å²) in [5, 5.41) is 0. The molecule has 3 rings (SSSR count). The molecule has 0 saturated carbocycles. The third kappa shape index (κ3) is 2.83. The van der Waals surface area contributed by atoms with Gasteiger partial charge in [-0.1, -0.05) is 24.3 Å². The lowest BCUT2D eigenvalue weighted by Crippen LogP contribution is -2.30. The summed E-state index contributed by atoms with van der Waals surface area (Å²) in [4.78, 5) is 35.6. The molecule has 1 aliphatic carbocycles. The maximum Gasteiger partial charge on any atom is 0.311 e. The van der Waals surface area contributed by atoms with Crippen molar-refractivity contribution < 1.29 is 19.1 Å². The first-order valence-corrected chi connectivity index (χ1v) is 7.20. The molecule has 0 atom stereocenters. The Hall–Kier alpha value is -2.69. The van der Waals surface area contributed by atoms with Gasteiger partial charge in [-0.3, -0.25) is 19.3 Å². The highest BCUT2D eigenvalue weighted by molar-refractivity contribution is 6.12. The van der Waals surface area contributed by atoms with Crippen molar-refractivity contribution in [1.82, 2.24) is 4.90 Å². The minimum atomic E-state index is -0.294. The number of imide groups is 1. The van der Waals surface area contributed by atoms with Gasteiger partial charge in [-0.15, -0.1) is 0 Å². The van der Waals surface area contributed by atoms with Crippen molar-refractivity contribution >= 4 is 29.6 Å². The van der Waals surface area contributed by atoms with Crippen LogP contribution in [0.15, 0.2) is 36.4 Å². The molecule has 22 heavy (non-hydrogen) atoms. The van der Waals surface area contributed by atoms with E-state index in [-0.39, 0.29) is 24.2 Å². The molecule has 0 bridgehead atoms. The maximum atomic E-state index is 11.8. The molecule has 1 aliphatic heterocycles. The lowest BCUT2D eigenvalue weighted by molar-refractivity contribution is -0.137. The van der Waals surface area contributed by atoms with Gasteiger partial charge in [0.15, 0.2) is 0 Å². The number of esters is 1. The molecule has 0 N–H and O–H groups in total. The van der Waals surface area contributed by atoms with E-state index in [4.69, 9.17) is 4.74 Å². The lowest BCUT2D eigenvalue weighted by Gasteiger charge is -2.19. The zero-order valence-electron chi connectivity index (χ0n) is 12.0. The molecular formula is C17H15NO4. The monoisotopic (exact) mass is 297 g/mol. The van der Waals surface area contributed by atoms with Crippen LogP contribution in [-0.2, 0) is 19.1 Å². The Bertz CT molecular complexity index is 684. The first-order chi connectivity index (χ1) is 10.6. The van der Waals surface area contributed by atoms with Crippen LogP contribution in [0.5, 0.6) is 0 Å². The number of carbonyl (C=O) groups is 3. The van der Waals surface area contributed by atoms with E-state index in [0.717, 1.165) is 11.1 Å². The second-order valence-electron chi connectivity index (χ2n) is 5.19. The first-order valence-electron chi connectivity index (χ1n) is 7.20. The molecule has 0 fully saturated rings. The summed E-state index contributed by atoms with van der Waals surface area (Å²) in [5.74, 6) is -0.264. The molecule has 1 aromatic carbocycles. The van der Waals surface area contributed by atoms with Crippen LogP contribution in [0.3, 0.4) is 0 Å². The van der Waals surface area contributed by atoms with E-state index in [2.05, 4.69) is 0 Å². The summed E-state index contributed by atoms with van der Waals surface area (Å²) >= 11 is 0. The fourth-order valence-corrected chi connectivity index (χ4v) is 2.44. The average molecular weight is 297 g/mol. The molecule has 0 unspecified atom stereocenters. The van der Waals surface area contributed by atoms with Gasteiger partial charge in [-0.2, -0.15) is 0 Å². The van der Waals surface area contributed by atoms with Crippen LogP contribution in [0.1, 0.15) is 30.4 Å². The minimum Gasteiger partial charge on any atom is -0.426 e. The lowest BCUT2D eigenvalue weighted by atomic mass is 9.96. The van der Waals surface area contributed by atoms with Gasteiger partial charge in [-0.05, 0) is 24.5 Å². The maximum absolute atomic E-state index is 11.8. The molecule has 0 aromatic heterocycles. The van der Waals surface area contributed by atoms with Crippen molar-refractivity contribution in [2.24, 2.45) is 0 Å². The fourth-order valence-electron chi connectivity index (χ4n) is 2.44. The standard InChI is InChI=1S/C17H15NO4/c19-15-8-9-16(20)18(15)10-4-3-7-17(21)22-14-11-12-5-1-2-6-13(12)14/h1-2,5-6,8-9,11H,3-4,7,10H2. The number of carbonyl (C=O) groups excluding carboxylic acids is 3. The predicted molar refractivity (Wildman–Crippen MR) is 80.1 cm³/mol. The largest absolute Gasteiger partial charge is 0.426 e. The van der Waals surface area contributed by atoms with Gasteiger partial charge in [-0.25, -0.2) is 0 Å². The molecular weight excluding hydrogens is 282 g/mol. The van der Waals surface area contributed by atoms with Gasteiger partial charge >= 0.3 is 5.97 Å². The normalized spacial score (nSPS) is 15.5. The van der Waals surface area contributed by atoms with Gasteiger partial charge < -0.3 is 4.74 Å². The molecule has 5 nitrogen and oxygen atoms in total. The van der Waals surface area contributed by atoms with E-state index >= 15 is 0 Å². The zero-order valence-corrected chi connectivity index (χ0v) is 12.0. The topological polar surface area (TPSA) is 63.7 Å². The van der Waals surface area contributed by atoms with Crippen LogP contribution in [0.25, 0.3) is 11.8 Å². The van der Waals surface area contributed by atoms with Crippen molar-refractivity contribution in [3.05, 3.63) is 47.5 Å². The highest BCUT2D eigenvalue weighted by atomic mass is 16.5. The molecule has 112 valence electrons. The highest BCUT2D eigenvalue weighted by Gasteiger charge is 2.23. The third-order valence-corrected chi connectivity index (χ3v) is 3.65. The van der Waals surface area contributed by atoms with Gasteiger partial charge in [0, 0.05) is 30.7 Å². The van der Waals surface area contributed by atoms with Crippen LogP contribution in [-0.4, -0.2) is 29.2 Å². The molecule has 1 heterocycles. The molecule has 5 heteroatoms. The number of hydrogen-bond acceptors (Lipinski definition) is 4. The van der Waals surface area contributed by atoms with E-state index in [0.29, 0.717) is 25.1 Å². The summed E-state index contributed by atoms with van der Waals surface area (Å²) < 4.78 is 5.29. The number of fused-ring (bicyclic) bond motifs is 1. The Labute approximate surface area is 127 Å². The number of nitrogens with zero attached hydrogens (tertiary/aromatic N) is 1. The van der Waals surface area contributed by atoms with Gasteiger partial charge in [0.1, 0.15) is 5.76 Å². The second-order valence-corrected chi connectivity index (χ2v) is 5.19. The summed E-state index contributed by atoms with van der Waals surface area (Å²) in [6, 6.07) is 7.71. The molecule has 2 amide bonds. The third-order valence-electron chi connectivity index (χ3n) is 3.65. The van der Waals surface area contributed by atoms with Crippen molar-refractivity contribution in [1.29, 1.82) is 0 Å².